The summed E-state index contributed by atoms with van der Waals surface area (Å²) in [5, 5.41) is 6.47. The Morgan fingerprint density at radius 1 is 1.12 bits per heavy atom. The van der Waals surface area contributed by atoms with Crippen LogP contribution in [0.5, 0.6) is 0 Å². The average Bonchev–Trinajstić information content (AvgIpc) is 2.99. The first-order valence-corrected chi connectivity index (χ1v) is 10.3. The first kappa shape index (κ1) is 21.2. The van der Waals surface area contributed by atoms with Crippen LogP contribution in [0.4, 0.5) is 13.2 Å². The van der Waals surface area contributed by atoms with Gasteiger partial charge in [-0.15, -0.1) is 0 Å². The van der Waals surface area contributed by atoms with E-state index >= 15 is 0 Å². The second-order valence-electron chi connectivity index (χ2n) is 6.90. The van der Waals surface area contributed by atoms with Crippen LogP contribution >= 0.6 is 0 Å². The molecule has 0 radical (unpaired) electrons. The molecule has 11 heteroatoms. The van der Waals surface area contributed by atoms with E-state index in [-0.39, 0.29) is 19.0 Å². The summed E-state index contributed by atoms with van der Waals surface area (Å²) < 4.78 is 61.1. The first-order valence-electron chi connectivity index (χ1n) is 8.86. The average molecular weight is 399 g/mol. The SMILES string of the molecule is CN=C(NCC1CCN(S(=O)(=O)C(F)(F)F)CC1)NCC1CCCN1C. The van der Waals surface area contributed by atoms with Gasteiger partial charge in [0, 0.05) is 39.3 Å². The maximum atomic E-state index is 12.6. The molecule has 2 saturated heterocycles. The van der Waals surface area contributed by atoms with Crippen molar-refractivity contribution >= 4 is 16.0 Å². The molecule has 0 aliphatic carbocycles. The van der Waals surface area contributed by atoms with E-state index in [0.29, 0.717) is 35.7 Å². The molecule has 0 aromatic heterocycles. The normalized spacial score (nSPS) is 24.8. The Kier molecular flexibility index (Phi) is 7.14. The quantitative estimate of drug-likeness (QED) is 0.529. The van der Waals surface area contributed by atoms with Gasteiger partial charge in [0.1, 0.15) is 0 Å². The Morgan fingerprint density at radius 2 is 1.73 bits per heavy atom. The van der Waals surface area contributed by atoms with Crippen molar-refractivity contribution in [1.29, 1.82) is 0 Å². The second-order valence-corrected chi connectivity index (χ2v) is 8.83. The van der Waals surface area contributed by atoms with Crippen LogP contribution in [0.1, 0.15) is 25.7 Å². The van der Waals surface area contributed by atoms with Crippen molar-refractivity contribution in [3.05, 3.63) is 0 Å². The smallest absolute Gasteiger partial charge is 0.356 e. The minimum absolute atomic E-state index is 0.104. The van der Waals surface area contributed by atoms with Crippen LogP contribution in [0, 0.1) is 5.92 Å². The van der Waals surface area contributed by atoms with Crippen LogP contribution in [0.2, 0.25) is 0 Å². The minimum Gasteiger partial charge on any atom is -0.356 e. The van der Waals surface area contributed by atoms with Crippen LogP contribution in [-0.2, 0) is 10.0 Å². The fourth-order valence-corrected chi connectivity index (χ4v) is 4.40. The van der Waals surface area contributed by atoms with Gasteiger partial charge >= 0.3 is 15.5 Å². The highest BCUT2D eigenvalue weighted by Crippen LogP contribution is 2.30. The zero-order valence-electron chi connectivity index (χ0n) is 15.2. The van der Waals surface area contributed by atoms with Gasteiger partial charge in [0.2, 0.25) is 0 Å². The number of hydrogen-bond donors (Lipinski definition) is 2. The lowest BCUT2D eigenvalue weighted by Gasteiger charge is -2.32. The number of sulfonamides is 1. The van der Waals surface area contributed by atoms with E-state index in [1.165, 1.54) is 6.42 Å². The second kappa shape index (κ2) is 8.75. The molecule has 2 N–H and O–H groups in total. The largest absolute Gasteiger partial charge is 0.511 e. The molecule has 2 rings (SSSR count). The van der Waals surface area contributed by atoms with Crippen molar-refractivity contribution in [2.75, 3.05) is 46.8 Å². The number of halogens is 3. The Balaban J connectivity index is 1.73. The Morgan fingerprint density at radius 3 is 2.23 bits per heavy atom. The van der Waals surface area contributed by atoms with Crippen LogP contribution in [0.15, 0.2) is 4.99 Å². The summed E-state index contributed by atoms with van der Waals surface area (Å²) in [6, 6.07) is 0.476. The molecule has 1 unspecified atom stereocenters. The van der Waals surface area contributed by atoms with Gasteiger partial charge in [-0.3, -0.25) is 4.99 Å². The lowest BCUT2D eigenvalue weighted by molar-refractivity contribution is -0.0496. The number of nitrogens with zero attached hydrogens (tertiary/aromatic N) is 3. The summed E-state index contributed by atoms with van der Waals surface area (Å²) in [6.07, 6.45) is 3.12. The molecule has 1 atom stereocenters. The van der Waals surface area contributed by atoms with Gasteiger partial charge in [-0.25, -0.2) is 8.42 Å². The molecule has 2 heterocycles. The summed E-state index contributed by atoms with van der Waals surface area (Å²) in [5.41, 5.74) is -5.22. The maximum Gasteiger partial charge on any atom is 0.511 e. The fraction of sp³-hybridized carbons (Fsp3) is 0.933. The highest BCUT2D eigenvalue weighted by atomic mass is 32.2. The highest BCUT2D eigenvalue weighted by molar-refractivity contribution is 7.90. The van der Waals surface area contributed by atoms with Gasteiger partial charge < -0.3 is 15.5 Å². The standard InChI is InChI=1S/C15H28F3N5O2S/c1-19-14(21-11-13-4-3-7-22(13)2)20-10-12-5-8-23(9-6-12)26(24,25)15(16,17)18/h12-13H,3-11H2,1-2H3,(H2,19,20,21). The number of hydrogen-bond acceptors (Lipinski definition) is 4. The molecule has 0 bridgehead atoms. The van der Waals surface area contributed by atoms with E-state index < -0.39 is 15.5 Å². The number of likely N-dealkylation sites (N-methyl/N-ethyl adjacent to an activating group) is 1. The maximum absolute atomic E-state index is 12.6. The summed E-state index contributed by atoms with van der Waals surface area (Å²) in [7, 11) is -1.44. The number of rotatable bonds is 5. The van der Waals surface area contributed by atoms with Gasteiger partial charge in [-0.05, 0) is 45.2 Å². The van der Waals surface area contributed by atoms with E-state index in [4.69, 9.17) is 0 Å². The van der Waals surface area contributed by atoms with E-state index in [9.17, 15) is 21.6 Å². The van der Waals surface area contributed by atoms with Crippen molar-refractivity contribution in [1.82, 2.24) is 19.8 Å². The zero-order chi connectivity index (χ0) is 19.4. The van der Waals surface area contributed by atoms with Gasteiger partial charge in [0.05, 0.1) is 0 Å². The molecule has 2 aliphatic rings. The van der Waals surface area contributed by atoms with Gasteiger partial charge in [0.15, 0.2) is 5.96 Å². The molecular formula is C15H28F3N5O2S. The van der Waals surface area contributed by atoms with E-state index in [1.807, 2.05) is 0 Å². The molecule has 0 spiro atoms. The lowest BCUT2D eigenvalue weighted by atomic mass is 9.98. The molecule has 2 fully saturated rings. The van der Waals surface area contributed by atoms with E-state index in [0.717, 1.165) is 19.5 Å². The zero-order valence-corrected chi connectivity index (χ0v) is 16.0. The van der Waals surface area contributed by atoms with Crippen LogP contribution in [-0.4, -0.2) is 82.0 Å². The fourth-order valence-electron chi connectivity index (χ4n) is 3.41. The van der Waals surface area contributed by atoms with Crippen LogP contribution in [0.3, 0.4) is 0 Å². The number of aliphatic imine (C=N–C) groups is 1. The topological polar surface area (TPSA) is 77.0 Å². The van der Waals surface area contributed by atoms with E-state index in [2.05, 4.69) is 27.6 Å². The number of alkyl halides is 3. The first-order chi connectivity index (χ1) is 12.1. The van der Waals surface area contributed by atoms with E-state index in [1.54, 1.807) is 7.05 Å². The molecule has 0 aromatic carbocycles. The number of nitrogens with one attached hydrogen (secondary N) is 2. The minimum atomic E-state index is -5.22. The molecule has 7 nitrogen and oxygen atoms in total. The number of piperidine rings is 1. The third-order valence-corrected chi connectivity index (χ3v) is 6.79. The van der Waals surface area contributed by atoms with Crippen molar-refractivity contribution in [2.24, 2.45) is 10.9 Å². The van der Waals surface area contributed by atoms with Gasteiger partial charge in [-0.1, -0.05) is 0 Å². The van der Waals surface area contributed by atoms with Gasteiger partial charge in [-0.2, -0.15) is 17.5 Å². The molecule has 26 heavy (non-hydrogen) atoms. The van der Waals surface area contributed by atoms with Crippen molar-refractivity contribution in [3.63, 3.8) is 0 Å². The van der Waals surface area contributed by atoms with Crippen molar-refractivity contribution in [3.8, 4) is 0 Å². The number of likely N-dealkylation sites (tertiary alicyclic amines) is 1. The summed E-state index contributed by atoms with van der Waals surface area (Å²) in [5.74, 6) is 0.776. The third kappa shape index (κ3) is 5.23. The van der Waals surface area contributed by atoms with Crippen LogP contribution in [0.25, 0.3) is 0 Å². The Hall–Kier alpha value is -1.07. The Bertz CT molecular complexity index is 589. The number of guanidine groups is 1. The lowest BCUT2D eigenvalue weighted by Crippen LogP contribution is -2.48. The third-order valence-electron chi connectivity index (χ3n) is 5.16. The molecule has 0 saturated carbocycles. The van der Waals surface area contributed by atoms with Crippen LogP contribution < -0.4 is 10.6 Å². The van der Waals surface area contributed by atoms with Crippen molar-refractivity contribution in [2.45, 2.75) is 37.2 Å². The molecular weight excluding hydrogens is 371 g/mol. The Labute approximate surface area is 153 Å². The summed E-state index contributed by atoms with van der Waals surface area (Å²) in [4.78, 5) is 6.47. The predicted octanol–water partition coefficient (Wildman–Crippen LogP) is 0.807. The summed E-state index contributed by atoms with van der Waals surface area (Å²) >= 11 is 0. The molecule has 2 aliphatic heterocycles. The van der Waals surface area contributed by atoms with Crippen molar-refractivity contribution < 1.29 is 21.6 Å². The monoisotopic (exact) mass is 399 g/mol. The van der Waals surface area contributed by atoms with Gasteiger partial charge in [0.25, 0.3) is 0 Å². The molecule has 152 valence electrons. The molecule has 0 aromatic rings. The molecule has 0 amide bonds. The highest BCUT2D eigenvalue weighted by Gasteiger charge is 2.50. The summed E-state index contributed by atoms with van der Waals surface area (Å²) in [6.45, 7) is 2.23. The predicted molar refractivity (Wildman–Crippen MR) is 94.3 cm³/mol.